The lowest BCUT2D eigenvalue weighted by Crippen LogP contribution is -2.14. The van der Waals surface area contributed by atoms with Gasteiger partial charge in [-0.1, -0.05) is 0 Å². The number of thiazole rings is 1. The monoisotopic (exact) mass is 200 g/mol. The second-order valence-electron chi connectivity index (χ2n) is 2.90. The van der Waals surface area contributed by atoms with Gasteiger partial charge in [0.15, 0.2) is 0 Å². The third-order valence-corrected chi connectivity index (χ3v) is 2.96. The summed E-state index contributed by atoms with van der Waals surface area (Å²) in [5, 5.41) is 9.22. The Hall–Kier alpha value is -0.940. The highest BCUT2D eigenvalue weighted by Gasteiger charge is 2.15. The van der Waals surface area contributed by atoms with Gasteiger partial charge in [0.1, 0.15) is 5.01 Å². The number of hydrogen-bond donors (Lipinski definition) is 2. The summed E-state index contributed by atoms with van der Waals surface area (Å²) in [7, 11) is 0. The zero-order chi connectivity index (χ0) is 10.0. The van der Waals surface area contributed by atoms with Crippen molar-refractivity contribution in [2.24, 2.45) is 5.73 Å². The minimum atomic E-state index is -0.891. The Balaban J connectivity index is 2.77. The quantitative estimate of drug-likeness (QED) is 0.769. The van der Waals surface area contributed by atoms with Gasteiger partial charge in [-0.2, -0.15) is 0 Å². The van der Waals surface area contributed by atoms with Crippen molar-refractivity contribution >= 4 is 17.3 Å². The molecule has 0 spiro atoms. The van der Waals surface area contributed by atoms with Crippen molar-refractivity contribution < 1.29 is 9.90 Å². The summed E-state index contributed by atoms with van der Waals surface area (Å²) in [5.74, 6) is -0.891. The molecule has 1 heterocycles. The van der Waals surface area contributed by atoms with Crippen molar-refractivity contribution in [2.45, 2.75) is 26.3 Å². The van der Waals surface area contributed by atoms with Gasteiger partial charge in [-0.05, 0) is 13.8 Å². The first-order valence-electron chi connectivity index (χ1n) is 3.92. The van der Waals surface area contributed by atoms with Crippen LogP contribution in [-0.2, 0) is 4.79 Å². The molecule has 1 rings (SSSR count). The summed E-state index contributed by atoms with van der Waals surface area (Å²) in [6.07, 6.45) is -0.0631. The van der Waals surface area contributed by atoms with Crippen molar-refractivity contribution in [1.29, 1.82) is 0 Å². The SMILES string of the molecule is Cc1nc([C@H](N)CC(=O)O)sc1C. The van der Waals surface area contributed by atoms with Crippen LogP contribution in [0.15, 0.2) is 0 Å². The fourth-order valence-corrected chi connectivity index (χ4v) is 1.86. The number of nitrogens with two attached hydrogens (primary N) is 1. The van der Waals surface area contributed by atoms with Gasteiger partial charge in [0.2, 0.25) is 0 Å². The molecule has 0 unspecified atom stereocenters. The molecule has 0 amide bonds. The van der Waals surface area contributed by atoms with E-state index in [1.165, 1.54) is 11.3 Å². The summed E-state index contributed by atoms with van der Waals surface area (Å²) in [6, 6.07) is -0.477. The second kappa shape index (κ2) is 3.85. The van der Waals surface area contributed by atoms with Crippen molar-refractivity contribution in [2.75, 3.05) is 0 Å². The average molecular weight is 200 g/mol. The van der Waals surface area contributed by atoms with Gasteiger partial charge >= 0.3 is 5.97 Å². The Kier molecular flexibility index (Phi) is 3.00. The van der Waals surface area contributed by atoms with Gasteiger partial charge < -0.3 is 10.8 Å². The van der Waals surface area contributed by atoms with Crippen LogP contribution in [0.25, 0.3) is 0 Å². The van der Waals surface area contributed by atoms with Gasteiger partial charge in [-0.15, -0.1) is 11.3 Å². The standard InChI is InChI=1S/C8H12N2O2S/c1-4-5(2)13-8(10-4)6(9)3-7(11)12/h6H,3,9H2,1-2H3,(H,11,12)/t6-/m1/s1. The van der Waals surface area contributed by atoms with E-state index in [-0.39, 0.29) is 6.42 Å². The molecule has 72 valence electrons. The number of nitrogens with zero attached hydrogens (tertiary/aromatic N) is 1. The number of hydrogen-bond acceptors (Lipinski definition) is 4. The minimum Gasteiger partial charge on any atom is -0.481 e. The molecule has 13 heavy (non-hydrogen) atoms. The predicted octanol–water partition coefficient (Wildman–Crippen LogP) is 1.23. The van der Waals surface area contributed by atoms with Crippen molar-refractivity contribution in [3.63, 3.8) is 0 Å². The molecule has 0 aliphatic rings. The number of carboxylic acid groups (broad SMARTS) is 1. The third kappa shape index (κ3) is 2.50. The summed E-state index contributed by atoms with van der Waals surface area (Å²) in [5.41, 5.74) is 6.58. The number of rotatable bonds is 3. The van der Waals surface area contributed by atoms with E-state index in [4.69, 9.17) is 10.8 Å². The Labute approximate surface area is 80.4 Å². The Morgan fingerprint density at radius 3 is 2.69 bits per heavy atom. The first-order valence-corrected chi connectivity index (χ1v) is 4.73. The normalized spacial score (nSPS) is 12.8. The molecule has 0 aliphatic carbocycles. The Bertz CT molecular complexity index is 302. The molecule has 0 aromatic carbocycles. The lowest BCUT2D eigenvalue weighted by atomic mass is 10.2. The number of aromatic nitrogens is 1. The van der Waals surface area contributed by atoms with Crippen LogP contribution in [0.4, 0.5) is 0 Å². The minimum absolute atomic E-state index is 0.0631. The van der Waals surface area contributed by atoms with Gasteiger partial charge in [0.25, 0.3) is 0 Å². The number of aliphatic carboxylic acids is 1. The molecular formula is C8H12N2O2S. The maximum Gasteiger partial charge on any atom is 0.305 e. The van der Waals surface area contributed by atoms with Gasteiger partial charge in [-0.3, -0.25) is 4.79 Å². The second-order valence-corrected chi connectivity index (χ2v) is 4.13. The van der Waals surface area contributed by atoms with Crippen molar-refractivity contribution in [3.8, 4) is 0 Å². The molecule has 0 fully saturated rings. The molecule has 0 aliphatic heterocycles. The van der Waals surface area contributed by atoms with Gasteiger partial charge in [0, 0.05) is 4.88 Å². The zero-order valence-electron chi connectivity index (χ0n) is 7.57. The van der Waals surface area contributed by atoms with E-state index in [1.54, 1.807) is 0 Å². The van der Waals surface area contributed by atoms with Crippen molar-refractivity contribution in [1.82, 2.24) is 4.98 Å². The van der Waals surface area contributed by atoms with E-state index in [0.717, 1.165) is 10.6 Å². The van der Waals surface area contributed by atoms with Crippen LogP contribution in [0.1, 0.15) is 28.0 Å². The van der Waals surface area contributed by atoms with Crippen LogP contribution >= 0.6 is 11.3 Å². The average Bonchev–Trinajstić information content (AvgIpc) is 2.31. The number of carboxylic acids is 1. The number of aryl methyl sites for hydroxylation is 2. The molecule has 0 radical (unpaired) electrons. The van der Waals surface area contributed by atoms with Crippen molar-refractivity contribution in [3.05, 3.63) is 15.6 Å². The van der Waals surface area contributed by atoms with Crippen LogP contribution in [-0.4, -0.2) is 16.1 Å². The molecule has 3 N–H and O–H groups in total. The van der Waals surface area contributed by atoms with E-state index in [0.29, 0.717) is 5.01 Å². The molecule has 1 atom stereocenters. The molecule has 0 saturated carbocycles. The molecule has 1 aromatic heterocycles. The van der Waals surface area contributed by atoms with E-state index < -0.39 is 12.0 Å². The summed E-state index contributed by atoms with van der Waals surface area (Å²) < 4.78 is 0. The fraction of sp³-hybridized carbons (Fsp3) is 0.500. The van der Waals surface area contributed by atoms with Crippen LogP contribution < -0.4 is 5.73 Å². The predicted molar refractivity (Wildman–Crippen MR) is 50.8 cm³/mol. The molecule has 0 bridgehead atoms. The Morgan fingerprint density at radius 2 is 2.31 bits per heavy atom. The summed E-state index contributed by atoms with van der Waals surface area (Å²) in [6.45, 7) is 3.84. The van der Waals surface area contributed by atoms with E-state index in [2.05, 4.69) is 4.98 Å². The topological polar surface area (TPSA) is 76.2 Å². The summed E-state index contributed by atoms with van der Waals surface area (Å²) in [4.78, 5) is 15.7. The highest BCUT2D eigenvalue weighted by Crippen LogP contribution is 2.22. The van der Waals surface area contributed by atoms with Crippen LogP contribution in [0.5, 0.6) is 0 Å². The Morgan fingerprint density at radius 1 is 1.69 bits per heavy atom. The lowest BCUT2D eigenvalue weighted by molar-refractivity contribution is -0.137. The number of carbonyl (C=O) groups is 1. The molecule has 4 nitrogen and oxygen atoms in total. The highest BCUT2D eigenvalue weighted by atomic mass is 32.1. The maximum absolute atomic E-state index is 10.4. The van der Waals surface area contributed by atoms with E-state index >= 15 is 0 Å². The van der Waals surface area contributed by atoms with E-state index in [9.17, 15) is 4.79 Å². The van der Waals surface area contributed by atoms with Crippen LogP contribution in [0, 0.1) is 13.8 Å². The third-order valence-electron chi connectivity index (χ3n) is 1.76. The molecular weight excluding hydrogens is 188 g/mol. The molecule has 1 aromatic rings. The first-order chi connectivity index (χ1) is 6.00. The lowest BCUT2D eigenvalue weighted by Gasteiger charge is -2.02. The smallest absolute Gasteiger partial charge is 0.305 e. The van der Waals surface area contributed by atoms with Crippen LogP contribution in [0.3, 0.4) is 0 Å². The zero-order valence-corrected chi connectivity index (χ0v) is 8.39. The largest absolute Gasteiger partial charge is 0.481 e. The fourth-order valence-electron chi connectivity index (χ4n) is 0.932. The van der Waals surface area contributed by atoms with Gasteiger partial charge in [0.05, 0.1) is 18.2 Å². The van der Waals surface area contributed by atoms with Crippen LogP contribution in [0.2, 0.25) is 0 Å². The maximum atomic E-state index is 10.4. The summed E-state index contributed by atoms with van der Waals surface area (Å²) >= 11 is 1.46. The molecule has 0 saturated heterocycles. The molecule has 5 heteroatoms. The highest BCUT2D eigenvalue weighted by molar-refractivity contribution is 7.11. The first kappa shape index (κ1) is 10.1. The van der Waals surface area contributed by atoms with Gasteiger partial charge in [-0.25, -0.2) is 4.98 Å². The van der Waals surface area contributed by atoms with E-state index in [1.807, 2.05) is 13.8 Å².